The van der Waals surface area contributed by atoms with E-state index in [2.05, 4.69) is 0 Å². The summed E-state index contributed by atoms with van der Waals surface area (Å²) in [6, 6.07) is 12.2. The maximum atomic E-state index is 12.7. The monoisotopic (exact) mass is 272 g/mol. The van der Waals surface area contributed by atoms with Crippen molar-refractivity contribution in [3.05, 3.63) is 53.6 Å². The summed E-state index contributed by atoms with van der Waals surface area (Å²) < 4.78 is 15.6. The van der Waals surface area contributed by atoms with Gasteiger partial charge in [0.05, 0.1) is 21.3 Å². The lowest BCUT2D eigenvalue weighted by atomic mass is 10.0. The molecular weight excluding hydrogens is 256 g/mol. The molecule has 0 unspecified atom stereocenters. The van der Waals surface area contributed by atoms with Crippen LogP contribution in [0.15, 0.2) is 42.5 Å². The van der Waals surface area contributed by atoms with Gasteiger partial charge in [-0.2, -0.15) is 0 Å². The zero-order valence-electron chi connectivity index (χ0n) is 11.7. The average Bonchev–Trinajstić information content (AvgIpc) is 2.53. The average molecular weight is 272 g/mol. The van der Waals surface area contributed by atoms with Crippen molar-refractivity contribution in [2.24, 2.45) is 0 Å². The summed E-state index contributed by atoms with van der Waals surface area (Å²) in [5, 5.41) is 0. The van der Waals surface area contributed by atoms with Crippen LogP contribution in [0, 0.1) is 0 Å². The van der Waals surface area contributed by atoms with E-state index in [1.165, 1.54) is 14.2 Å². The van der Waals surface area contributed by atoms with E-state index in [0.29, 0.717) is 28.4 Å². The second kappa shape index (κ2) is 6.10. The van der Waals surface area contributed by atoms with Crippen molar-refractivity contribution in [1.82, 2.24) is 0 Å². The molecule has 0 spiro atoms. The molecule has 0 saturated heterocycles. The predicted molar refractivity (Wildman–Crippen MR) is 76.0 cm³/mol. The molecule has 4 heteroatoms. The Kier molecular flexibility index (Phi) is 4.25. The summed E-state index contributed by atoms with van der Waals surface area (Å²) in [6.07, 6.45) is 0. The quantitative estimate of drug-likeness (QED) is 0.785. The van der Waals surface area contributed by atoms with Gasteiger partial charge in [-0.15, -0.1) is 0 Å². The highest BCUT2D eigenvalue weighted by atomic mass is 16.5. The number of benzene rings is 2. The van der Waals surface area contributed by atoms with Crippen molar-refractivity contribution >= 4 is 5.78 Å². The maximum absolute atomic E-state index is 12.7. The lowest BCUT2D eigenvalue weighted by molar-refractivity contribution is 0.103. The number of rotatable bonds is 5. The molecule has 2 aromatic carbocycles. The van der Waals surface area contributed by atoms with Gasteiger partial charge >= 0.3 is 0 Å². The molecule has 0 aliphatic rings. The first-order valence-electron chi connectivity index (χ1n) is 6.11. The van der Waals surface area contributed by atoms with Gasteiger partial charge in [-0.25, -0.2) is 0 Å². The van der Waals surface area contributed by atoms with E-state index in [1.54, 1.807) is 49.6 Å². The molecule has 0 bridgehead atoms. The molecule has 0 aromatic heterocycles. The first-order chi connectivity index (χ1) is 9.71. The van der Waals surface area contributed by atoms with Gasteiger partial charge in [-0.3, -0.25) is 4.79 Å². The van der Waals surface area contributed by atoms with Gasteiger partial charge in [-0.05, 0) is 24.3 Å². The first kappa shape index (κ1) is 13.9. The third-order valence-electron chi connectivity index (χ3n) is 2.99. The van der Waals surface area contributed by atoms with Crippen molar-refractivity contribution < 1.29 is 19.0 Å². The molecule has 20 heavy (non-hydrogen) atoms. The highest BCUT2D eigenvalue weighted by Crippen LogP contribution is 2.31. The van der Waals surface area contributed by atoms with Crippen LogP contribution in [0.5, 0.6) is 17.2 Å². The second-order valence-corrected chi connectivity index (χ2v) is 4.10. The molecule has 0 saturated carbocycles. The Hall–Kier alpha value is -2.49. The molecule has 0 heterocycles. The van der Waals surface area contributed by atoms with E-state index in [4.69, 9.17) is 14.2 Å². The van der Waals surface area contributed by atoms with E-state index in [1.807, 2.05) is 0 Å². The summed E-state index contributed by atoms with van der Waals surface area (Å²) in [5.74, 6) is 1.43. The molecule has 0 radical (unpaired) electrons. The normalized spacial score (nSPS) is 9.95. The highest BCUT2D eigenvalue weighted by Gasteiger charge is 2.19. The van der Waals surface area contributed by atoms with Crippen molar-refractivity contribution in [3.8, 4) is 17.2 Å². The summed E-state index contributed by atoms with van der Waals surface area (Å²) in [6.45, 7) is 0. The molecular formula is C16H16O4. The summed E-state index contributed by atoms with van der Waals surface area (Å²) in [7, 11) is 4.61. The minimum absolute atomic E-state index is 0.168. The van der Waals surface area contributed by atoms with Crippen molar-refractivity contribution in [2.45, 2.75) is 0 Å². The minimum Gasteiger partial charge on any atom is -0.497 e. The van der Waals surface area contributed by atoms with Crippen LogP contribution in [0.1, 0.15) is 15.9 Å². The van der Waals surface area contributed by atoms with Crippen LogP contribution in [0.3, 0.4) is 0 Å². The molecule has 0 N–H and O–H groups in total. The van der Waals surface area contributed by atoms with E-state index >= 15 is 0 Å². The van der Waals surface area contributed by atoms with Gasteiger partial charge in [0, 0.05) is 5.56 Å². The zero-order chi connectivity index (χ0) is 14.5. The Labute approximate surface area is 117 Å². The molecule has 104 valence electrons. The number of carbonyl (C=O) groups excluding carboxylic acids is 1. The lowest BCUT2D eigenvalue weighted by Crippen LogP contribution is -2.06. The Morgan fingerprint density at radius 2 is 1.45 bits per heavy atom. The van der Waals surface area contributed by atoms with E-state index in [0.717, 1.165) is 0 Å². The van der Waals surface area contributed by atoms with Crippen LogP contribution >= 0.6 is 0 Å². The molecule has 2 rings (SSSR count). The van der Waals surface area contributed by atoms with Crippen molar-refractivity contribution in [1.29, 1.82) is 0 Å². The molecule has 0 aliphatic heterocycles. The Morgan fingerprint density at radius 1 is 0.850 bits per heavy atom. The fourth-order valence-corrected chi connectivity index (χ4v) is 1.98. The fourth-order valence-electron chi connectivity index (χ4n) is 1.98. The third kappa shape index (κ3) is 2.59. The van der Waals surface area contributed by atoms with Gasteiger partial charge in [0.15, 0.2) is 0 Å². The predicted octanol–water partition coefficient (Wildman–Crippen LogP) is 2.94. The SMILES string of the molecule is COc1cccc(C(=O)c2c(OC)cccc2OC)c1. The lowest BCUT2D eigenvalue weighted by Gasteiger charge is -2.12. The molecule has 4 nitrogen and oxygen atoms in total. The third-order valence-corrected chi connectivity index (χ3v) is 2.99. The van der Waals surface area contributed by atoms with Crippen molar-refractivity contribution in [2.75, 3.05) is 21.3 Å². The van der Waals surface area contributed by atoms with E-state index < -0.39 is 0 Å². The number of ketones is 1. The Balaban J connectivity index is 2.52. The highest BCUT2D eigenvalue weighted by molar-refractivity contribution is 6.12. The molecule has 0 aliphatic carbocycles. The van der Waals surface area contributed by atoms with Gasteiger partial charge in [0.25, 0.3) is 0 Å². The van der Waals surface area contributed by atoms with Gasteiger partial charge in [0.2, 0.25) is 5.78 Å². The van der Waals surface area contributed by atoms with Gasteiger partial charge in [0.1, 0.15) is 22.8 Å². The van der Waals surface area contributed by atoms with E-state index in [9.17, 15) is 4.79 Å². The van der Waals surface area contributed by atoms with Crippen LogP contribution < -0.4 is 14.2 Å². The number of hydrogen-bond acceptors (Lipinski definition) is 4. The zero-order valence-corrected chi connectivity index (χ0v) is 11.7. The number of methoxy groups -OCH3 is 3. The summed E-state index contributed by atoms with van der Waals surface area (Å²) in [5.41, 5.74) is 0.929. The molecule has 0 atom stereocenters. The second-order valence-electron chi connectivity index (χ2n) is 4.10. The van der Waals surface area contributed by atoms with Crippen LogP contribution in [0.25, 0.3) is 0 Å². The maximum Gasteiger partial charge on any atom is 0.200 e. The van der Waals surface area contributed by atoms with Crippen LogP contribution in [0.2, 0.25) is 0 Å². The number of carbonyl (C=O) groups is 1. The van der Waals surface area contributed by atoms with Crippen LogP contribution in [-0.2, 0) is 0 Å². The number of hydrogen-bond donors (Lipinski definition) is 0. The Morgan fingerprint density at radius 3 is 2.00 bits per heavy atom. The van der Waals surface area contributed by atoms with Crippen LogP contribution in [0.4, 0.5) is 0 Å². The molecule has 0 fully saturated rings. The topological polar surface area (TPSA) is 44.8 Å². The molecule has 2 aromatic rings. The van der Waals surface area contributed by atoms with Crippen molar-refractivity contribution in [3.63, 3.8) is 0 Å². The fraction of sp³-hybridized carbons (Fsp3) is 0.188. The Bertz CT molecular complexity index is 597. The number of ether oxygens (including phenoxy) is 3. The largest absolute Gasteiger partial charge is 0.497 e. The standard InChI is InChI=1S/C16H16O4/c1-18-12-7-4-6-11(10-12)16(17)15-13(19-2)8-5-9-14(15)20-3/h4-10H,1-3H3. The van der Waals surface area contributed by atoms with E-state index in [-0.39, 0.29) is 5.78 Å². The van der Waals surface area contributed by atoms with Crippen LogP contribution in [-0.4, -0.2) is 27.1 Å². The summed E-state index contributed by atoms with van der Waals surface area (Å²) >= 11 is 0. The van der Waals surface area contributed by atoms with Gasteiger partial charge in [-0.1, -0.05) is 18.2 Å². The summed E-state index contributed by atoms with van der Waals surface area (Å²) in [4.78, 5) is 12.7. The smallest absolute Gasteiger partial charge is 0.200 e. The molecule has 0 amide bonds. The first-order valence-corrected chi connectivity index (χ1v) is 6.11. The van der Waals surface area contributed by atoms with Gasteiger partial charge < -0.3 is 14.2 Å². The minimum atomic E-state index is -0.168.